The smallest absolute Gasteiger partial charge is 0.332 e. The number of hydrogen-bond donors (Lipinski definition) is 2. The van der Waals surface area contributed by atoms with Gasteiger partial charge in [-0.05, 0) is 29.7 Å². The zero-order valence-electron chi connectivity index (χ0n) is 16.9. The highest BCUT2D eigenvalue weighted by atomic mass is 16.3. The van der Waals surface area contributed by atoms with Crippen molar-refractivity contribution in [1.29, 1.82) is 0 Å². The van der Waals surface area contributed by atoms with Gasteiger partial charge in [0.05, 0.1) is 13.2 Å². The van der Waals surface area contributed by atoms with Crippen molar-refractivity contribution in [2.24, 2.45) is 12.0 Å². The molecule has 0 saturated heterocycles. The van der Waals surface area contributed by atoms with Gasteiger partial charge in [-0.15, -0.1) is 0 Å². The van der Waals surface area contributed by atoms with Crippen molar-refractivity contribution in [1.82, 2.24) is 9.13 Å². The molecule has 2 rings (SSSR count). The Labute approximate surface area is 169 Å². The van der Waals surface area contributed by atoms with Crippen LogP contribution in [0, 0.1) is 0 Å². The lowest BCUT2D eigenvalue weighted by Crippen LogP contribution is -2.40. The van der Waals surface area contributed by atoms with Crippen LogP contribution in [0.25, 0.3) is 5.57 Å². The Hall–Kier alpha value is -3.45. The van der Waals surface area contributed by atoms with E-state index in [4.69, 9.17) is 5.11 Å². The molecule has 0 aliphatic carbocycles. The third kappa shape index (κ3) is 4.89. The van der Waals surface area contributed by atoms with Crippen LogP contribution >= 0.6 is 0 Å². The molecule has 0 radical (unpaired) electrons. The van der Waals surface area contributed by atoms with Crippen molar-refractivity contribution in [2.75, 3.05) is 19.0 Å². The number of benzene rings is 1. The molecule has 152 valence electrons. The number of aliphatic imine (C=N–C) groups is 1. The number of aromatic nitrogens is 2. The molecule has 0 atom stereocenters. The van der Waals surface area contributed by atoms with E-state index in [2.05, 4.69) is 16.9 Å². The second-order valence-corrected chi connectivity index (χ2v) is 6.21. The van der Waals surface area contributed by atoms with Crippen LogP contribution in [0.5, 0.6) is 0 Å². The van der Waals surface area contributed by atoms with E-state index in [1.165, 1.54) is 11.6 Å². The van der Waals surface area contributed by atoms with Gasteiger partial charge >= 0.3 is 5.69 Å². The van der Waals surface area contributed by atoms with E-state index in [0.717, 1.165) is 21.3 Å². The van der Waals surface area contributed by atoms with Crippen molar-refractivity contribution in [3.05, 3.63) is 87.1 Å². The Morgan fingerprint density at radius 2 is 2.10 bits per heavy atom. The second kappa shape index (κ2) is 10.2. The van der Waals surface area contributed by atoms with E-state index >= 15 is 0 Å². The number of nitrogens with zero attached hydrogens (tertiary/aromatic N) is 3. The molecule has 0 amide bonds. The lowest BCUT2D eigenvalue weighted by Gasteiger charge is -2.13. The van der Waals surface area contributed by atoms with Crippen molar-refractivity contribution in [3.8, 4) is 0 Å². The number of allylic oxidation sites excluding steroid dienone is 5. The van der Waals surface area contributed by atoms with Gasteiger partial charge < -0.3 is 10.4 Å². The number of hydrogen-bond acceptors (Lipinski definition) is 5. The van der Waals surface area contributed by atoms with E-state index < -0.39 is 11.2 Å². The fourth-order valence-electron chi connectivity index (χ4n) is 2.84. The molecular formula is C22H26N4O3. The number of rotatable bonds is 8. The van der Waals surface area contributed by atoms with Gasteiger partial charge in [0.1, 0.15) is 5.69 Å². The number of nitrogens with one attached hydrogen (secondary N) is 1. The maximum absolute atomic E-state index is 12.6. The van der Waals surface area contributed by atoms with Crippen LogP contribution in [-0.2, 0) is 13.6 Å². The fourth-order valence-corrected chi connectivity index (χ4v) is 2.84. The third-order valence-corrected chi connectivity index (χ3v) is 4.34. The minimum atomic E-state index is -0.535. The quantitative estimate of drug-likeness (QED) is 0.532. The molecule has 1 aromatic carbocycles. The summed E-state index contributed by atoms with van der Waals surface area (Å²) in [6.45, 7) is 5.42. The van der Waals surface area contributed by atoms with Crippen LogP contribution in [0.4, 0.5) is 11.5 Å². The van der Waals surface area contributed by atoms with Gasteiger partial charge in [-0.25, -0.2) is 9.79 Å². The highest BCUT2D eigenvalue weighted by Crippen LogP contribution is 2.20. The second-order valence-electron chi connectivity index (χ2n) is 6.21. The van der Waals surface area contributed by atoms with Crippen LogP contribution < -0.4 is 16.6 Å². The fraction of sp³-hybridized carbons (Fsp3) is 0.227. The van der Waals surface area contributed by atoms with Crippen molar-refractivity contribution in [2.45, 2.75) is 13.5 Å². The summed E-state index contributed by atoms with van der Waals surface area (Å²) in [4.78, 5) is 29.4. The molecule has 2 N–H and O–H groups in total. The minimum Gasteiger partial charge on any atom is -0.395 e. The Morgan fingerprint density at radius 1 is 1.34 bits per heavy atom. The number of anilines is 1. The average Bonchev–Trinajstić information content (AvgIpc) is 2.73. The van der Waals surface area contributed by atoms with Gasteiger partial charge in [0.15, 0.2) is 5.82 Å². The van der Waals surface area contributed by atoms with Crippen molar-refractivity contribution < 1.29 is 5.11 Å². The highest BCUT2D eigenvalue weighted by Gasteiger charge is 2.15. The summed E-state index contributed by atoms with van der Waals surface area (Å²) in [5.74, 6) is 0.218. The maximum atomic E-state index is 12.6. The van der Waals surface area contributed by atoms with Crippen LogP contribution in [-0.4, -0.2) is 34.1 Å². The van der Waals surface area contributed by atoms with Gasteiger partial charge in [0, 0.05) is 20.3 Å². The van der Waals surface area contributed by atoms with Crippen molar-refractivity contribution >= 4 is 23.3 Å². The first-order valence-corrected chi connectivity index (χ1v) is 9.20. The molecule has 1 aromatic heterocycles. The molecule has 0 aliphatic heterocycles. The van der Waals surface area contributed by atoms with Crippen LogP contribution in [0.2, 0.25) is 0 Å². The molecule has 0 unspecified atom stereocenters. The maximum Gasteiger partial charge on any atom is 0.332 e. The Bertz CT molecular complexity index is 1090. The Morgan fingerprint density at radius 3 is 2.72 bits per heavy atom. The first-order valence-electron chi connectivity index (χ1n) is 9.20. The number of aliphatic hydroxyl groups is 1. The molecule has 0 aliphatic rings. The van der Waals surface area contributed by atoms with Crippen molar-refractivity contribution in [3.63, 3.8) is 0 Å². The zero-order valence-corrected chi connectivity index (χ0v) is 16.9. The van der Waals surface area contributed by atoms with Gasteiger partial charge in [-0.1, -0.05) is 49.1 Å². The molecule has 1 heterocycles. The van der Waals surface area contributed by atoms with E-state index in [1.54, 1.807) is 19.3 Å². The molecule has 0 spiro atoms. The van der Waals surface area contributed by atoms with E-state index in [1.807, 2.05) is 49.4 Å². The lowest BCUT2D eigenvalue weighted by atomic mass is 10.0. The first kappa shape index (κ1) is 21.8. The predicted molar refractivity (Wildman–Crippen MR) is 119 cm³/mol. The first-order chi connectivity index (χ1) is 14.0. The molecule has 0 saturated carbocycles. The molecule has 29 heavy (non-hydrogen) atoms. The Balaban J connectivity index is 2.53. The summed E-state index contributed by atoms with van der Waals surface area (Å²) >= 11 is 0. The molecule has 7 nitrogen and oxygen atoms in total. The zero-order chi connectivity index (χ0) is 21.4. The van der Waals surface area contributed by atoms with E-state index in [0.29, 0.717) is 0 Å². The largest absolute Gasteiger partial charge is 0.395 e. The summed E-state index contributed by atoms with van der Waals surface area (Å²) in [5.41, 5.74) is 1.88. The van der Waals surface area contributed by atoms with Gasteiger partial charge in [-0.2, -0.15) is 0 Å². The molecule has 2 aromatic rings. The average molecular weight is 394 g/mol. The highest BCUT2D eigenvalue weighted by molar-refractivity contribution is 5.86. The third-order valence-electron chi connectivity index (χ3n) is 4.34. The van der Waals surface area contributed by atoms with Crippen LogP contribution in [0.3, 0.4) is 0 Å². The minimum absolute atomic E-state index is 0.0743. The summed E-state index contributed by atoms with van der Waals surface area (Å²) in [6, 6.07) is 7.71. The van der Waals surface area contributed by atoms with E-state index in [-0.39, 0.29) is 24.7 Å². The topological polar surface area (TPSA) is 88.6 Å². The number of aliphatic hydroxyl groups excluding tert-OH is 1. The normalized spacial score (nSPS) is 12.1. The van der Waals surface area contributed by atoms with E-state index in [9.17, 15) is 9.59 Å². The Kier molecular flexibility index (Phi) is 7.68. The van der Waals surface area contributed by atoms with Crippen LogP contribution in [0.1, 0.15) is 18.1 Å². The van der Waals surface area contributed by atoms with Gasteiger partial charge in [-0.3, -0.25) is 13.9 Å². The molecule has 0 bridgehead atoms. The summed E-state index contributed by atoms with van der Waals surface area (Å²) in [5, 5.41) is 11.9. The summed E-state index contributed by atoms with van der Waals surface area (Å²) in [7, 11) is 3.13. The SMILES string of the molecule is C=C/C(=C\C=C/C)c1cccc(/C=N/c2c(NC)c(=O)n(CCO)c(=O)n2C)c1. The van der Waals surface area contributed by atoms with Crippen LogP contribution in [0.15, 0.2) is 69.7 Å². The lowest BCUT2D eigenvalue weighted by molar-refractivity contribution is 0.270. The molecular weight excluding hydrogens is 368 g/mol. The molecule has 0 fully saturated rings. The summed E-state index contributed by atoms with van der Waals surface area (Å²) in [6.07, 6.45) is 9.22. The van der Waals surface area contributed by atoms with Gasteiger partial charge in [0.2, 0.25) is 0 Å². The predicted octanol–water partition coefficient (Wildman–Crippen LogP) is 2.48. The monoisotopic (exact) mass is 394 g/mol. The molecule has 7 heteroatoms. The van der Waals surface area contributed by atoms with Gasteiger partial charge in [0.25, 0.3) is 5.56 Å². The summed E-state index contributed by atoms with van der Waals surface area (Å²) < 4.78 is 2.26. The standard InChI is InChI=1S/C22H26N4O3/c1-5-7-10-17(6-2)18-11-8-9-16(14-18)15-24-20-19(23-3)21(28)26(12-13-27)22(29)25(20)4/h5-11,14-15,23,27H,2,12-13H2,1,3-4H3/b7-5-,17-10+,24-15+.